The van der Waals surface area contributed by atoms with E-state index in [1.165, 1.54) is 6.07 Å². The molecule has 0 aliphatic heterocycles. The van der Waals surface area contributed by atoms with E-state index in [1.807, 2.05) is 0 Å². The van der Waals surface area contributed by atoms with Gasteiger partial charge < -0.3 is 15.8 Å². The molecule has 2 aromatic rings. The van der Waals surface area contributed by atoms with Crippen LogP contribution >= 0.6 is 0 Å². The summed E-state index contributed by atoms with van der Waals surface area (Å²) in [5.74, 6) is -0.783. The molecule has 4 nitrogen and oxygen atoms in total. The van der Waals surface area contributed by atoms with Gasteiger partial charge in [-0.1, -0.05) is 12.1 Å². The number of hydrogen-bond acceptors (Lipinski definition) is 4. The molecule has 0 aliphatic rings. The number of benzene rings is 2. The highest BCUT2D eigenvalue weighted by Gasteiger charge is 2.14. The maximum Gasteiger partial charge on any atom is 0.340 e. The fourth-order valence-electron chi connectivity index (χ4n) is 1.95. The topological polar surface area (TPSA) is 64.3 Å². The van der Waals surface area contributed by atoms with Crippen LogP contribution in [0.25, 0.3) is 0 Å². The van der Waals surface area contributed by atoms with Gasteiger partial charge in [0, 0.05) is 11.3 Å². The van der Waals surface area contributed by atoms with Crippen molar-refractivity contribution in [3.8, 4) is 0 Å². The largest absolute Gasteiger partial charge is 0.462 e. The van der Waals surface area contributed by atoms with Crippen molar-refractivity contribution in [2.45, 2.75) is 13.8 Å². The standard InChI is InChI=1S/C16H17FN2O2/c1-3-21-16(20)11-6-4-9-14(15(11)18)19-13-8-5-7-12(17)10(13)2/h4-9,19H,3,18H2,1-2H3. The molecule has 0 aliphatic carbocycles. The van der Waals surface area contributed by atoms with Gasteiger partial charge in [-0.2, -0.15) is 0 Å². The second-order valence-electron chi connectivity index (χ2n) is 4.52. The summed E-state index contributed by atoms with van der Waals surface area (Å²) in [4.78, 5) is 11.8. The second-order valence-corrected chi connectivity index (χ2v) is 4.52. The lowest BCUT2D eigenvalue weighted by molar-refractivity contribution is 0.0527. The van der Waals surface area contributed by atoms with Crippen LogP contribution in [-0.4, -0.2) is 12.6 Å². The lowest BCUT2D eigenvalue weighted by Gasteiger charge is -2.14. The van der Waals surface area contributed by atoms with Gasteiger partial charge in [-0.15, -0.1) is 0 Å². The van der Waals surface area contributed by atoms with Gasteiger partial charge in [0.05, 0.1) is 23.5 Å². The zero-order valence-electron chi connectivity index (χ0n) is 11.9. The maximum atomic E-state index is 13.5. The van der Waals surface area contributed by atoms with Crippen molar-refractivity contribution in [2.75, 3.05) is 17.7 Å². The van der Waals surface area contributed by atoms with Gasteiger partial charge in [-0.25, -0.2) is 9.18 Å². The normalized spacial score (nSPS) is 10.2. The predicted octanol–water partition coefficient (Wildman–Crippen LogP) is 3.64. The van der Waals surface area contributed by atoms with Gasteiger partial charge in [-0.3, -0.25) is 0 Å². The molecular weight excluding hydrogens is 271 g/mol. The third kappa shape index (κ3) is 3.13. The van der Waals surface area contributed by atoms with Gasteiger partial charge in [0.2, 0.25) is 0 Å². The van der Waals surface area contributed by atoms with Gasteiger partial charge in [0.25, 0.3) is 0 Å². The van der Waals surface area contributed by atoms with Crippen molar-refractivity contribution < 1.29 is 13.9 Å². The Balaban J connectivity index is 2.35. The Bertz CT molecular complexity index is 671. The number of para-hydroxylation sites is 1. The van der Waals surface area contributed by atoms with Crippen LogP contribution in [0.2, 0.25) is 0 Å². The lowest BCUT2D eigenvalue weighted by atomic mass is 10.1. The molecule has 0 radical (unpaired) electrons. The van der Waals surface area contributed by atoms with Crippen LogP contribution in [0, 0.1) is 12.7 Å². The summed E-state index contributed by atoms with van der Waals surface area (Å²) in [6.07, 6.45) is 0. The number of nitrogens with one attached hydrogen (secondary N) is 1. The smallest absolute Gasteiger partial charge is 0.340 e. The lowest BCUT2D eigenvalue weighted by Crippen LogP contribution is -2.09. The van der Waals surface area contributed by atoms with Crippen LogP contribution in [0.1, 0.15) is 22.8 Å². The number of hydrogen-bond donors (Lipinski definition) is 2. The Morgan fingerprint density at radius 1 is 1.24 bits per heavy atom. The molecule has 0 unspecified atom stereocenters. The number of carbonyl (C=O) groups excluding carboxylic acids is 1. The maximum absolute atomic E-state index is 13.5. The van der Waals surface area contributed by atoms with Crippen LogP contribution in [0.5, 0.6) is 0 Å². The number of ether oxygens (including phenoxy) is 1. The first kappa shape index (κ1) is 14.8. The molecule has 0 saturated carbocycles. The molecule has 5 heteroatoms. The van der Waals surface area contributed by atoms with Crippen LogP contribution in [0.4, 0.5) is 21.5 Å². The Labute approximate surface area is 122 Å². The number of nitrogen functional groups attached to an aromatic ring is 1. The molecular formula is C16H17FN2O2. The van der Waals surface area contributed by atoms with E-state index in [-0.39, 0.29) is 23.7 Å². The molecule has 2 rings (SSSR count). The average molecular weight is 288 g/mol. The average Bonchev–Trinajstić information content (AvgIpc) is 2.46. The van der Waals surface area contributed by atoms with Gasteiger partial charge >= 0.3 is 5.97 Å². The Morgan fingerprint density at radius 3 is 2.62 bits per heavy atom. The number of nitrogens with two attached hydrogens (primary N) is 1. The van der Waals surface area contributed by atoms with Crippen LogP contribution in [0.15, 0.2) is 36.4 Å². The predicted molar refractivity (Wildman–Crippen MR) is 81.2 cm³/mol. The van der Waals surface area contributed by atoms with E-state index in [1.54, 1.807) is 44.2 Å². The van der Waals surface area contributed by atoms with Crippen LogP contribution in [-0.2, 0) is 4.74 Å². The van der Waals surface area contributed by atoms with Crippen molar-refractivity contribution in [1.29, 1.82) is 0 Å². The molecule has 0 atom stereocenters. The van der Waals surface area contributed by atoms with Crippen molar-refractivity contribution in [1.82, 2.24) is 0 Å². The molecule has 0 fully saturated rings. The summed E-state index contributed by atoms with van der Waals surface area (Å²) >= 11 is 0. The molecule has 0 bridgehead atoms. The van der Waals surface area contributed by atoms with E-state index in [0.29, 0.717) is 16.9 Å². The van der Waals surface area contributed by atoms with E-state index < -0.39 is 5.97 Å². The summed E-state index contributed by atoms with van der Waals surface area (Å²) in [5.41, 5.74) is 8.18. The van der Waals surface area contributed by atoms with E-state index in [2.05, 4.69) is 5.32 Å². The quantitative estimate of drug-likeness (QED) is 0.666. The third-order valence-corrected chi connectivity index (χ3v) is 3.14. The highest BCUT2D eigenvalue weighted by atomic mass is 19.1. The summed E-state index contributed by atoms with van der Waals surface area (Å²) in [5, 5.41) is 3.05. The molecule has 21 heavy (non-hydrogen) atoms. The summed E-state index contributed by atoms with van der Waals surface area (Å²) in [6.45, 7) is 3.67. The van der Waals surface area contributed by atoms with Gasteiger partial charge in [0.1, 0.15) is 5.82 Å². The first-order chi connectivity index (χ1) is 10.0. The van der Waals surface area contributed by atoms with E-state index in [9.17, 15) is 9.18 Å². The fraction of sp³-hybridized carbons (Fsp3) is 0.188. The van der Waals surface area contributed by atoms with Gasteiger partial charge in [-0.05, 0) is 38.1 Å². The minimum absolute atomic E-state index is 0.277. The Morgan fingerprint density at radius 2 is 1.90 bits per heavy atom. The number of rotatable bonds is 4. The number of halogens is 1. The molecule has 0 heterocycles. The minimum Gasteiger partial charge on any atom is -0.462 e. The number of carbonyl (C=O) groups is 1. The third-order valence-electron chi connectivity index (χ3n) is 3.14. The van der Waals surface area contributed by atoms with Gasteiger partial charge in [0.15, 0.2) is 0 Å². The van der Waals surface area contributed by atoms with E-state index in [0.717, 1.165) is 0 Å². The van der Waals surface area contributed by atoms with E-state index >= 15 is 0 Å². The van der Waals surface area contributed by atoms with Crippen molar-refractivity contribution >= 4 is 23.0 Å². The summed E-state index contributed by atoms with van der Waals surface area (Å²) in [6, 6.07) is 9.75. The zero-order chi connectivity index (χ0) is 15.4. The monoisotopic (exact) mass is 288 g/mol. The SMILES string of the molecule is CCOC(=O)c1cccc(Nc2cccc(F)c2C)c1N. The fourth-order valence-corrected chi connectivity index (χ4v) is 1.95. The number of esters is 1. The molecule has 2 aromatic carbocycles. The van der Waals surface area contributed by atoms with Crippen molar-refractivity contribution in [3.05, 3.63) is 53.3 Å². The Kier molecular flexibility index (Phi) is 4.42. The highest BCUT2D eigenvalue weighted by Crippen LogP contribution is 2.29. The number of anilines is 3. The Hall–Kier alpha value is -2.56. The second kappa shape index (κ2) is 6.26. The molecule has 0 saturated heterocycles. The summed E-state index contributed by atoms with van der Waals surface area (Å²) in [7, 11) is 0. The van der Waals surface area contributed by atoms with E-state index in [4.69, 9.17) is 10.5 Å². The zero-order valence-corrected chi connectivity index (χ0v) is 11.9. The van der Waals surface area contributed by atoms with Crippen LogP contribution in [0.3, 0.4) is 0 Å². The first-order valence-electron chi connectivity index (χ1n) is 6.62. The molecule has 0 spiro atoms. The van der Waals surface area contributed by atoms with Crippen molar-refractivity contribution in [2.24, 2.45) is 0 Å². The molecule has 0 aromatic heterocycles. The molecule has 0 amide bonds. The van der Waals surface area contributed by atoms with Crippen LogP contribution < -0.4 is 11.1 Å². The molecule has 3 N–H and O–H groups in total. The minimum atomic E-state index is -0.477. The van der Waals surface area contributed by atoms with Crippen molar-refractivity contribution in [3.63, 3.8) is 0 Å². The highest BCUT2D eigenvalue weighted by molar-refractivity contribution is 5.98. The first-order valence-corrected chi connectivity index (χ1v) is 6.62. The summed E-state index contributed by atoms with van der Waals surface area (Å²) < 4.78 is 18.5. The molecule has 110 valence electrons.